The van der Waals surface area contributed by atoms with Crippen molar-refractivity contribution in [1.29, 1.82) is 0 Å². The average molecular weight is 341 g/mol. The van der Waals surface area contributed by atoms with Crippen LogP contribution in [0.3, 0.4) is 0 Å². The van der Waals surface area contributed by atoms with Gasteiger partial charge in [0.2, 0.25) is 0 Å². The van der Waals surface area contributed by atoms with Gasteiger partial charge in [-0.3, -0.25) is 0 Å². The second-order valence-electron chi connectivity index (χ2n) is 4.39. The number of hydrogen-bond acceptors (Lipinski definition) is 4. The topological polar surface area (TPSA) is 44.8 Å². The lowest BCUT2D eigenvalue weighted by Crippen LogP contribution is -2.07. The Morgan fingerprint density at radius 1 is 1.00 bits per heavy atom. The van der Waals surface area contributed by atoms with Gasteiger partial charge < -0.3 is 14.2 Å². The molecule has 22 heavy (non-hydrogen) atoms. The van der Waals surface area contributed by atoms with Crippen LogP contribution < -0.4 is 9.47 Å². The van der Waals surface area contributed by atoms with E-state index < -0.39 is 5.97 Å². The van der Waals surface area contributed by atoms with E-state index in [0.29, 0.717) is 27.1 Å². The molecule has 0 unspecified atom stereocenters. The first-order valence-corrected chi connectivity index (χ1v) is 7.14. The van der Waals surface area contributed by atoms with Crippen molar-refractivity contribution in [1.82, 2.24) is 0 Å². The fraction of sp³-hybridized carbons (Fsp3) is 0.188. The van der Waals surface area contributed by atoms with Crippen LogP contribution in [0.15, 0.2) is 36.4 Å². The van der Waals surface area contributed by atoms with Gasteiger partial charge in [-0.1, -0.05) is 29.3 Å². The molecule has 2 aromatic carbocycles. The lowest BCUT2D eigenvalue weighted by Gasteiger charge is -2.10. The van der Waals surface area contributed by atoms with Gasteiger partial charge in [0.1, 0.15) is 23.7 Å². The van der Waals surface area contributed by atoms with Crippen molar-refractivity contribution < 1.29 is 19.0 Å². The number of esters is 1. The Bertz CT molecular complexity index is 686. The third-order valence-corrected chi connectivity index (χ3v) is 3.72. The molecule has 0 aliphatic carbocycles. The van der Waals surface area contributed by atoms with Gasteiger partial charge in [0.25, 0.3) is 0 Å². The highest BCUT2D eigenvalue weighted by atomic mass is 35.5. The molecular weight excluding hydrogens is 327 g/mol. The van der Waals surface area contributed by atoms with E-state index in [1.807, 2.05) is 0 Å². The molecule has 116 valence electrons. The summed E-state index contributed by atoms with van der Waals surface area (Å²) in [5.41, 5.74) is 1.07. The van der Waals surface area contributed by atoms with Gasteiger partial charge in [-0.2, -0.15) is 0 Å². The minimum absolute atomic E-state index is 0.0882. The van der Waals surface area contributed by atoms with Gasteiger partial charge in [0.15, 0.2) is 0 Å². The van der Waals surface area contributed by atoms with Crippen LogP contribution in [0, 0.1) is 0 Å². The molecule has 0 atom stereocenters. The molecule has 0 saturated carbocycles. The van der Waals surface area contributed by atoms with Crippen LogP contribution in [0.4, 0.5) is 0 Å². The highest BCUT2D eigenvalue weighted by molar-refractivity contribution is 6.42. The summed E-state index contributed by atoms with van der Waals surface area (Å²) in [4.78, 5) is 12.1. The highest BCUT2D eigenvalue weighted by Crippen LogP contribution is 2.26. The standard InChI is InChI=1S/C16H14Cl2O4/c1-20-11-4-5-12(15(8-11)21-2)16(19)22-9-10-3-6-13(17)14(18)7-10/h3-8H,9H2,1-2H3. The molecule has 6 heteroatoms. The van der Waals surface area contributed by atoms with E-state index >= 15 is 0 Å². The van der Waals surface area contributed by atoms with Gasteiger partial charge in [-0.25, -0.2) is 4.79 Å². The Balaban J connectivity index is 2.10. The summed E-state index contributed by atoms with van der Waals surface area (Å²) in [6, 6.07) is 9.93. The third kappa shape index (κ3) is 3.84. The maximum atomic E-state index is 12.1. The predicted octanol–water partition coefficient (Wildman–Crippen LogP) is 4.37. The van der Waals surface area contributed by atoms with Crippen LogP contribution in [0.1, 0.15) is 15.9 Å². The monoisotopic (exact) mass is 340 g/mol. The van der Waals surface area contributed by atoms with Crippen LogP contribution in [-0.2, 0) is 11.3 Å². The molecule has 0 aromatic heterocycles. The minimum atomic E-state index is -0.495. The van der Waals surface area contributed by atoms with Crippen molar-refractivity contribution in [2.24, 2.45) is 0 Å². The Morgan fingerprint density at radius 2 is 1.77 bits per heavy atom. The van der Waals surface area contributed by atoms with Crippen molar-refractivity contribution in [3.63, 3.8) is 0 Å². The van der Waals surface area contributed by atoms with Crippen LogP contribution in [0.5, 0.6) is 11.5 Å². The Kier molecular flexibility index (Phi) is 5.52. The second kappa shape index (κ2) is 7.38. The number of ether oxygens (including phenoxy) is 3. The van der Waals surface area contributed by atoms with E-state index in [1.54, 1.807) is 36.4 Å². The second-order valence-corrected chi connectivity index (χ2v) is 5.21. The Hall–Kier alpha value is -1.91. The molecule has 0 aliphatic rings. The molecule has 0 bridgehead atoms. The van der Waals surface area contributed by atoms with Crippen LogP contribution >= 0.6 is 23.2 Å². The first-order chi connectivity index (χ1) is 10.5. The van der Waals surface area contributed by atoms with Crippen LogP contribution in [0.25, 0.3) is 0 Å². The summed E-state index contributed by atoms with van der Waals surface area (Å²) >= 11 is 11.8. The summed E-state index contributed by atoms with van der Waals surface area (Å²) in [5.74, 6) is 0.488. The molecular formula is C16H14Cl2O4. The van der Waals surface area contributed by atoms with Gasteiger partial charge in [0.05, 0.1) is 24.3 Å². The fourth-order valence-electron chi connectivity index (χ4n) is 1.82. The quantitative estimate of drug-likeness (QED) is 0.758. The minimum Gasteiger partial charge on any atom is -0.497 e. The van der Waals surface area contributed by atoms with E-state index in [-0.39, 0.29) is 6.61 Å². The fourth-order valence-corrected chi connectivity index (χ4v) is 2.14. The van der Waals surface area contributed by atoms with Crippen molar-refractivity contribution >= 4 is 29.2 Å². The number of methoxy groups -OCH3 is 2. The SMILES string of the molecule is COc1ccc(C(=O)OCc2ccc(Cl)c(Cl)c2)c(OC)c1. The van der Waals surface area contributed by atoms with Gasteiger partial charge >= 0.3 is 5.97 Å². The maximum Gasteiger partial charge on any atom is 0.342 e. The molecule has 2 rings (SSSR count). The summed E-state index contributed by atoms with van der Waals surface area (Å²) < 4.78 is 15.5. The normalized spacial score (nSPS) is 10.2. The number of carbonyl (C=O) groups excluding carboxylic acids is 1. The Labute approximate surface area is 138 Å². The molecule has 0 amide bonds. The number of rotatable bonds is 5. The van der Waals surface area contributed by atoms with Crippen LogP contribution in [-0.4, -0.2) is 20.2 Å². The molecule has 2 aromatic rings. The largest absolute Gasteiger partial charge is 0.497 e. The lowest BCUT2D eigenvalue weighted by molar-refractivity contribution is 0.0469. The summed E-state index contributed by atoms with van der Waals surface area (Å²) in [5, 5.41) is 0.866. The van der Waals surface area contributed by atoms with Crippen LogP contribution in [0.2, 0.25) is 10.0 Å². The first-order valence-electron chi connectivity index (χ1n) is 6.38. The number of hydrogen-bond donors (Lipinski definition) is 0. The van der Waals surface area contributed by atoms with Crippen molar-refractivity contribution in [2.75, 3.05) is 14.2 Å². The van der Waals surface area contributed by atoms with Crippen molar-refractivity contribution in [2.45, 2.75) is 6.61 Å². The summed E-state index contributed by atoms with van der Waals surface area (Å²) in [6.07, 6.45) is 0. The smallest absolute Gasteiger partial charge is 0.342 e. The van der Waals surface area contributed by atoms with E-state index in [9.17, 15) is 4.79 Å². The van der Waals surface area contributed by atoms with E-state index in [2.05, 4.69) is 0 Å². The zero-order valence-electron chi connectivity index (χ0n) is 12.1. The van der Waals surface area contributed by atoms with Crippen molar-refractivity contribution in [3.05, 3.63) is 57.6 Å². The van der Waals surface area contributed by atoms with E-state index in [1.165, 1.54) is 14.2 Å². The lowest BCUT2D eigenvalue weighted by atomic mass is 10.2. The third-order valence-electron chi connectivity index (χ3n) is 2.98. The molecule has 0 radical (unpaired) electrons. The van der Waals surface area contributed by atoms with E-state index in [0.717, 1.165) is 5.56 Å². The zero-order chi connectivity index (χ0) is 16.1. The number of halogens is 2. The summed E-state index contributed by atoms with van der Waals surface area (Å²) in [7, 11) is 3.02. The average Bonchev–Trinajstić information content (AvgIpc) is 2.54. The molecule has 0 spiro atoms. The van der Waals surface area contributed by atoms with E-state index in [4.69, 9.17) is 37.4 Å². The first kappa shape index (κ1) is 16.5. The van der Waals surface area contributed by atoms with Gasteiger partial charge in [-0.15, -0.1) is 0 Å². The molecule has 0 saturated heterocycles. The van der Waals surface area contributed by atoms with Gasteiger partial charge in [-0.05, 0) is 29.8 Å². The molecule has 0 aliphatic heterocycles. The van der Waals surface area contributed by atoms with Gasteiger partial charge in [0, 0.05) is 6.07 Å². The molecule has 0 heterocycles. The number of carbonyl (C=O) groups is 1. The summed E-state index contributed by atoms with van der Waals surface area (Å²) in [6.45, 7) is 0.0882. The maximum absolute atomic E-state index is 12.1. The molecule has 4 nitrogen and oxygen atoms in total. The van der Waals surface area contributed by atoms with Crippen molar-refractivity contribution in [3.8, 4) is 11.5 Å². The molecule has 0 fully saturated rings. The Morgan fingerprint density at radius 3 is 2.41 bits per heavy atom. The predicted molar refractivity (Wildman–Crippen MR) is 85.1 cm³/mol. The number of benzene rings is 2. The highest BCUT2D eigenvalue weighted by Gasteiger charge is 2.15. The molecule has 0 N–H and O–H groups in total. The zero-order valence-corrected chi connectivity index (χ0v) is 13.6.